The number of esters is 1. The summed E-state index contributed by atoms with van der Waals surface area (Å²) in [7, 11) is 0. The van der Waals surface area contributed by atoms with E-state index in [1.807, 2.05) is 0 Å². The zero-order valence-corrected chi connectivity index (χ0v) is 24.7. The average Bonchev–Trinajstić information content (AvgIpc) is 2.66. The van der Waals surface area contributed by atoms with Crippen LogP contribution in [0.1, 0.15) is 25.0 Å². The van der Waals surface area contributed by atoms with Gasteiger partial charge in [-0.1, -0.05) is 80.7 Å². The van der Waals surface area contributed by atoms with E-state index in [2.05, 4.69) is 0 Å². The minimum Gasteiger partial charge on any atom is -0.465 e. The molecule has 0 amide bonds. The number of carbonyl (C=O) groups excluding carboxylic acids is 1. The first kappa shape index (κ1) is 29.7. The largest absolute Gasteiger partial charge is 1.00 e. The van der Waals surface area contributed by atoms with E-state index in [4.69, 9.17) is 121 Å². The van der Waals surface area contributed by atoms with Crippen molar-refractivity contribution in [2.75, 3.05) is 0 Å². The fourth-order valence-electron chi connectivity index (χ4n) is 2.25. The maximum atomic E-state index is 13.0. The number of benzene rings is 2. The standard InChI is InChI=1S/C17H7Cl10O2.Na/c1-3(2)29-17(28)4(5-7(18)11(22)15(26)12(23)8(5)19)6-9(20)13(24)16(27)14(25)10(6)21;/h3H,1-2H3;/q-1;+1. The summed E-state index contributed by atoms with van der Waals surface area (Å²) < 4.78 is 5.31. The van der Waals surface area contributed by atoms with E-state index in [1.165, 1.54) is 0 Å². The van der Waals surface area contributed by atoms with Crippen molar-refractivity contribution in [1.82, 2.24) is 0 Å². The van der Waals surface area contributed by atoms with E-state index in [1.54, 1.807) is 13.8 Å². The Balaban J connectivity index is 0.00000450. The van der Waals surface area contributed by atoms with Crippen molar-refractivity contribution in [3.8, 4) is 0 Å². The third-order valence-electron chi connectivity index (χ3n) is 3.47. The molecule has 0 atom stereocenters. The zero-order valence-electron chi connectivity index (χ0n) is 15.2. The predicted molar refractivity (Wildman–Crippen MR) is 126 cm³/mol. The quantitative estimate of drug-likeness (QED) is 0.119. The average molecular weight is 621 g/mol. The van der Waals surface area contributed by atoms with Gasteiger partial charge in [0, 0.05) is 46.1 Å². The van der Waals surface area contributed by atoms with Gasteiger partial charge in [0.15, 0.2) is 0 Å². The maximum Gasteiger partial charge on any atom is 1.00 e. The number of ether oxygens (including phenoxy) is 1. The van der Waals surface area contributed by atoms with Crippen LogP contribution in [0.15, 0.2) is 0 Å². The molecule has 2 nitrogen and oxygen atoms in total. The Kier molecular flexibility index (Phi) is 11.8. The summed E-state index contributed by atoms with van der Waals surface area (Å²) in [6.07, 6.45) is -0.524. The summed E-state index contributed by atoms with van der Waals surface area (Å²) in [5, 5.41) is -1.53. The van der Waals surface area contributed by atoms with E-state index in [-0.39, 0.29) is 96.8 Å². The Morgan fingerprint density at radius 2 is 0.833 bits per heavy atom. The van der Waals surface area contributed by atoms with E-state index in [0.29, 0.717) is 0 Å². The second kappa shape index (κ2) is 11.9. The van der Waals surface area contributed by atoms with Crippen LogP contribution in [-0.2, 0) is 9.53 Å². The number of rotatable bonds is 4. The normalized spacial score (nSPS) is 10.8. The molecule has 13 heteroatoms. The molecule has 0 aliphatic rings. The second-order valence-electron chi connectivity index (χ2n) is 5.72. The fraction of sp³-hybridized carbons (Fsp3) is 0.176. The van der Waals surface area contributed by atoms with Crippen molar-refractivity contribution in [3.05, 3.63) is 67.3 Å². The van der Waals surface area contributed by atoms with Crippen LogP contribution in [0.3, 0.4) is 0 Å². The summed E-state index contributed by atoms with van der Waals surface area (Å²) in [6.45, 7) is 3.26. The van der Waals surface area contributed by atoms with Gasteiger partial charge >= 0.3 is 35.5 Å². The summed E-state index contributed by atoms with van der Waals surface area (Å²) in [4.78, 5) is 13.0. The first-order valence-electron chi connectivity index (χ1n) is 7.44. The molecule has 0 fully saturated rings. The molecule has 2 aromatic rings. The van der Waals surface area contributed by atoms with Crippen LogP contribution in [0.2, 0.25) is 50.2 Å². The Hall–Kier alpha value is 1.68. The first-order chi connectivity index (χ1) is 13.3. The fourth-order valence-corrected chi connectivity index (χ4v) is 4.91. The topological polar surface area (TPSA) is 26.3 Å². The molecule has 30 heavy (non-hydrogen) atoms. The van der Waals surface area contributed by atoms with Gasteiger partial charge in [-0.2, -0.15) is 0 Å². The first-order valence-corrected chi connectivity index (χ1v) is 11.2. The Labute approximate surface area is 245 Å². The van der Waals surface area contributed by atoms with E-state index in [9.17, 15) is 4.79 Å². The molecule has 0 saturated heterocycles. The van der Waals surface area contributed by atoms with Crippen molar-refractivity contribution in [1.29, 1.82) is 0 Å². The van der Waals surface area contributed by atoms with Gasteiger partial charge in [0.2, 0.25) is 0 Å². The van der Waals surface area contributed by atoms with Crippen LogP contribution in [0.4, 0.5) is 0 Å². The van der Waals surface area contributed by atoms with Crippen LogP contribution in [0.5, 0.6) is 0 Å². The molecular weight excluding hydrogens is 614 g/mol. The monoisotopic (exact) mass is 616 g/mol. The molecule has 0 aliphatic carbocycles. The number of hydrogen-bond acceptors (Lipinski definition) is 2. The minimum atomic E-state index is -0.892. The molecule has 0 N–H and O–H groups in total. The Morgan fingerprint density at radius 3 is 1.07 bits per heavy atom. The summed E-state index contributed by atoms with van der Waals surface area (Å²) in [6, 6.07) is 0. The summed E-state index contributed by atoms with van der Waals surface area (Å²) in [5.41, 5.74) is -0.228. The molecule has 0 unspecified atom stereocenters. The SMILES string of the molecule is CC(C)OC(=O)[C-](c1c(Cl)c(Cl)c(Cl)c(Cl)c1Cl)c1c(Cl)c(Cl)c(Cl)c(Cl)c1Cl.[Na+]. The third-order valence-corrected chi connectivity index (χ3v) is 8.02. The molecule has 0 aliphatic heterocycles. The number of carbonyl (C=O) groups is 1. The molecule has 0 bridgehead atoms. The van der Waals surface area contributed by atoms with Gasteiger partial charge < -0.3 is 4.74 Å². The molecule has 2 aromatic carbocycles. The van der Waals surface area contributed by atoms with Crippen LogP contribution in [0.25, 0.3) is 0 Å². The van der Waals surface area contributed by atoms with E-state index < -0.39 is 12.1 Å². The zero-order chi connectivity index (χ0) is 22.4. The Morgan fingerprint density at radius 1 is 0.600 bits per heavy atom. The van der Waals surface area contributed by atoms with Crippen LogP contribution in [0, 0.1) is 5.92 Å². The molecule has 158 valence electrons. The van der Waals surface area contributed by atoms with E-state index >= 15 is 0 Å². The van der Waals surface area contributed by atoms with Crippen molar-refractivity contribution >= 4 is 122 Å². The van der Waals surface area contributed by atoms with E-state index in [0.717, 1.165) is 0 Å². The van der Waals surface area contributed by atoms with Crippen molar-refractivity contribution < 1.29 is 39.1 Å². The van der Waals surface area contributed by atoms with Gasteiger partial charge in [0.1, 0.15) is 0 Å². The molecular formula is C17H7Cl10NaO2. The molecule has 0 saturated carbocycles. The number of hydrogen-bond donors (Lipinski definition) is 0. The van der Waals surface area contributed by atoms with Gasteiger partial charge in [-0.25, -0.2) is 0 Å². The predicted octanol–water partition coefficient (Wildman–Crippen LogP) is 7.15. The maximum absolute atomic E-state index is 13.0. The second-order valence-corrected chi connectivity index (χ2v) is 9.50. The van der Waals surface area contributed by atoms with Crippen LogP contribution < -0.4 is 29.6 Å². The molecule has 0 heterocycles. The van der Waals surface area contributed by atoms with Gasteiger partial charge in [0.05, 0.1) is 16.1 Å². The van der Waals surface area contributed by atoms with Crippen molar-refractivity contribution in [3.63, 3.8) is 0 Å². The smallest absolute Gasteiger partial charge is 0.465 e. The van der Waals surface area contributed by atoms with Gasteiger partial charge in [-0.3, -0.25) is 4.79 Å². The van der Waals surface area contributed by atoms with Gasteiger partial charge in [-0.15, -0.1) is 46.4 Å². The molecule has 0 spiro atoms. The van der Waals surface area contributed by atoms with Crippen LogP contribution in [-0.4, -0.2) is 12.1 Å². The minimum absolute atomic E-state index is 0. The van der Waals surface area contributed by atoms with Crippen molar-refractivity contribution in [2.24, 2.45) is 0 Å². The third kappa shape index (κ3) is 5.66. The number of halogens is 10. The van der Waals surface area contributed by atoms with Gasteiger partial charge in [-0.05, 0) is 13.8 Å². The molecule has 0 aromatic heterocycles. The molecule has 0 radical (unpaired) electrons. The summed E-state index contributed by atoms with van der Waals surface area (Å²) >= 11 is 62.1. The Bertz CT molecular complexity index is 881. The van der Waals surface area contributed by atoms with Crippen LogP contribution >= 0.6 is 116 Å². The van der Waals surface area contributed by atoms with Crippen molar-refractivity contribution in [2.45, 2.75) is 20.0 Å². The summed E-state index contributed by atoms with van der Waals surface area (Å²) in [5.74, 6) is -1.17. The molecule has 2 rings (SSSR count). The van der Waals surface area contributed by atoms with Gasteiger partial charge in [0.25, 0.3) is 0 Å².